The quantitative estimate of drug-likeness (QED) is 0.288. The van der Waals surface area contributed by atoms with E-state index in [1.54, 1.807) is 6.08 Å². The first-order chi connectivity index (χ1) is 12.4. The van der Waals surface area contributed by atoms with Crippen LogP contribution in [0.4, 0.5) is 0 Å². The van der Waals surface area contributed by atoms with Gasteiger partial charge in [0.2, 0.25) is 6.29 Å². The first kappa shape index (κ1) is 19.2. The molecule has 3 rings (SSSR count). The van der Waals surface area contributed by atoms with Crippen LogP contribution < -0.4 is 0 Å². The molecule has 0 aromatic carbocycles. The maximum atomic E-state index is 11.4. The van der Waals surface area contributed by atoms with E-state index in [1.807, 2.05) is 0 Å². The fraction of sp³-hybridized carbons (Fsp3) is 0.688. The minimum atomic E-state index is -1.61. The molecular formula is C16H22O10. The average Bonchev–Trinajstić information content (AvgIpc) is 3.06. The lowest BCUT2D eigenvalue weighted by Crippen LogP contribution is -2.60. The number of fused-ring (bicyclic) bond motifs is 1. The SMILES string of the molecule is O=C(O)C1=CO[C@@H](O[C@H]2O[C@H](CO)[C@H](O)[C@H](O)[C@H]2O)[C@@H]2C(CO)=CC[C@H]12. The molecule has 0 radical (unpaired) electrons. The van der Waals surface area contributed by atoms with E-state index in [0.717, 1.165) is 6.26 Å². The second-order valence-corrected chi connectivity index (χ2v) is 6.52. The Morgan fingerprint density at radius 1 is 1.15 bits per heavy atom. The minimum absolute atomic E-state index is 0.0448. The summed E-state index contributed by atoms with van der Waals surface area (Å²) in [6.07, 6.45) is -5.21. The van der Waals surface area contributed by atoms with Crippen molar-refractivity contribution >= 4 is 5.97 Å². The van der Waals surface area contributed by atoms with Crippen LogP contribution in [-0.4, -0.2) is 86.8 Å². The Morgan fingerprint density at radius 2 is 1.88 bits per heavy atom. The molecule has 3 aliphatic rings. The topological polar surface area (TPSA) is 166 Å². The Kier molecular flexibility index (Phi) is 5.63. The molecule has 0 saturated carbocycles. The van der Waals surface area contributed by atoms with Gasteiger partial charge in [-0.05, 0) is 12.0 Å². The zero-order valence-corrected chi connectivity index (χ0v) is 13.7. The van der Waals surface area contributed by atoms with Gasteiger partial charge in [-0.25, -0.2) is 4.79 Å². The third-order valence-corrected chi connectivity index (χ3v) is 5.06. The second-order valence-electron chi connectivity index (χ2n) is 6.52. The third kappa shape index (κ3) is 3.25. The van der Waals surface area contributed by atoms with E-state index in [2.05, 4.69) is 0 Å². The van der Waals surface area contributed by atoms with Crippen molar-refractivity contribution in [3.63, 3.8) is 0 Å². The molecule has 0 spiro atoms. The standard InChI is InChI=1S/C16H22O10/c17-3-6-1-2-7-8(14(22)23)5-24-15(10(6)7)26-16-13(21)12(20)11(19)9(4-18)25-16/h1,5,7,9-13,15-21H,2-4H2,(H,22,23)/t7-,9-,10-,11+,12+,13-,15+,16-/m1/s1. The van der Waals surface area contributed by atoms with Gasteiger partial charge in [-0.2, -0.15) is 0 Å². The van der Waals surface area contributed by atoms with E-state index in [-0.39, 0.29) is 12.2 Å². The number of carbonyl (C=O) groups is 1. The molecule has 10 heteroatoms. The van der Waals surface area contributed by atoms with Crippen LogP contribution in [0.25, 0.3) is 0 Å². The number of hydrogen-bond acceptors (Lipinski definition) is 9. The molecule has 2 aliphatic heterocycles. The van der Waals surface area contributed by atoms with Crippen molar-refractivity contribution in [3.05, 3.63) is 23.5 Å². The molecule has 0 bridgehead atoms. The van der Waals surface area contributed by atoms with E-state index < -0.39 is 61.4 Å². The normalized spacial score (nSPS) is 42.5. The largest absolute Gasteiger partial charge is 0.478 e. The zero-order valence-electron chi connectivity index (χ0n) is 13.7. The van der Waals surface area contributed by atoms with Crippen LogP contribution in [0.5, 0.6) is 0 Å². The van der Waals surface area contributed by atoms with Gasteiger partial charge in [-0.1, -0.05) is 6.08 Å². The highest BCUT2D eigenvalue weighted by molar-refractivity contribution is 5.87. The molecule has 1 aliphatic carbocycles. The van der Waals surface area contributed by atoms with Crippen molar-refractivity contribution in [2.45, 2.75) is 43.4 Å². The molecule has 146 valence electrons. The van der Waals surface area contributed by atoms with Crippen molar-refractivity contribution in [3.8, 4) is 0 Å². The Balaban J connectivity index is 1.80. The van der Waals surface area contributed by atoms with Crippen LogP contribution in [0.15, 0.2) is 23.5 Å². The lowest BCUT2D eigenvalue weighted by molar-refractivity contribution is -0.339. The summed E-state index contributed by atoms with van der Waals surface area (Å²) in [6.45, 7) is -0.917. The van der Waals surface area contributed by atoms with Crippen molar-refractivity contribution in [2.24, 2.45) is 11.8 Å². The highest BCUT2D eigenvalue weighted by Crippen LogP contribution is 2.44. The van der Waals surface area contributed by atoms with Crippen molar-refractivity contribution in [1.82, 2.24) is 0 Å². The second kappa shape index (κ2) is 7.61. The summed E-state index contributed by atoms with van der Waals surface area (Å²) in [5, 5.41) is 57.8. The Morgan fingerprint density at radius 3 is 2.50 bits per heavy atom. The smallest absolute Gasteiger partial charge is 0.335 e. The van der Waals surface area contributed by atoms with Crippen LogP contribution in [-0.2, 0) is 19.0 Å². The molecule has 2 heterocycles. The fourth-order valence-electron chi connectivity index (χ4n) is 3.62. The van der Waals surface area contributed by atoms with E-state index in [0.29, 0.717) is 12.0 Å². The summed E-state index contributed by atoms with van der Waals surface area (Å²) in [7, 11) is 0. The van der Waals surface area contributed by atoms with Crippen molar-refractivity contribution in [1.29, 1.82) is 0 Å². The number of carboxylic acids is 1. The van der Waals surface area contributed by atoms with E-state index >= 15 is 0 Å². The maximum absolute atomic E-state index is 11.4. The molecule has 10 nitrogen and oxygen atoms in total. The van der Waals surface area contributed by atoms with Gasteiger partial charge >= 0.3 is 5.97 Å². The lowest BCUT2D eigenvalue weighted by atomic mass is 9.83. The summed E-state index contributed by atoms with van der Waals surface area (Å²) in [6, 6.07) is 0. The zero-order chi connectivity index (χ0) is 19.0. The number of hydrogen-bond donors (Lipinski definition) is 6. The van der Waals surface area contributed by atoms with Crippen LogP contribution in [0.1, 0.15) is 6.42 Å². The van der Waals surface area contributed by atoms with Crippen LogP contribution in [0.3, 0.4) is 0 Å². The monoisotopic (exact) mass is 374 g/mol. The van der Waals surface area contributed by atoms with Gasteiger partial charge in [-0.3, -0.25) is 0 Å². The third-order valence-electron chi connectivity index (χ3n) is 5.06. The predicted molar refractivity (Wildman–Crippen MR) is 82.2 cm³/mol. The molecule has 8 atom stereocenters. The highest BCUT2D eigenvalue weighted by Gasteiger charge is 2.49. The number of aliphatic carboxylic acids is 1. The fourth-order valence-corrected chi connectivity index (χ4v) is 3.62. The molecule has 6 N–H and O–H groups in total. The minimum Gasteiger partial charge on any atom is -0.478 e. The van der Waals surface area contributed by atoms with Crippen LogP contribution in [0, 0.1) is 11.8 Å². The lowest BCUT2D eigenvalue weighted by Gasteiger charge is -2.42. The van der Waals surface area contributed by atoms with Gasteiger partial charge in [0.25, 0.3) is 0 Å². The van der Waals surface area contributed by atoms with Gasteiger partial charge in [0.1, 0.15) is 24.4 Å². The molecule has 0 amide bonds. The number of carboxylic acid groups (broad SMARTS) is 1. The van der Waals surface area contributed by atoms with Crippen LogP contribution >= 0.6 is 0 Å². The summed E-state index contributed by atoms with van der Waals surface area (Å²) in [4.78, 5) is 11.4. The first-order valence-corrected chi connectivity index (χ1v) is 8.23. The van der Waals surface area contributed by atoms with Crippen LogP contribution in [0.2, 0.25) is 0 Å². The first-order valence-electron chi connectivity index (χ1n) is 8.23. The molecule has 26 heavy (non-hydrogen) atoms. The Hall–Kier alpha value is -1.53. The maximum Gasteiger partial charge on any atom is 0.335 e. The van der Waals surface area contributed by atoms with Gasteiger partial charge < -0.3 is 44.8 Å². The van der Waals surface area contributed by atoms with E-state index in [9.17, 15) is 35.4 Å². The number of aliphatic hydroxyl groups is 5. The highest BCUT2D eigenvalue weighted by atomic mass is 16.8. The van der Waals surface area contributed by atoms with Crippen molar-refractivity contribution < 1.29 is 49.6 Å². The molecule has 0 aromatic rings. The Labute approximate surface area is 148 Å². The van der Waals surface area contributed by atoms with E-state index in [4.69, 9.17) is 14.2 Å². The summed E-state index contributed by atoms with van der Waals surface area (Å²) in [5.74, 6) is -2.22. The average molecular weight is 374 g/mol. The number of rotatable bonds is 5. The number of allylic oxidation sites excluding steroid dienone is 1. The van der Waals surface area contributed by atoms with Gasteiger partial charge in [0, 0.05) is 5.92 Å². The molecule has 1 fully saturated rings. The molecule has 1 saturated heterocycles. The summed E-state index contributed by atoms with van der Waals surface area (Å²) < 4.78 is 16.3. The van der Waals surface area contributed by atoms with E-state index in [1.165, 1.54) is 0 Å². The van der Waals surface area contributed by atoms with Gasteiger partial charge in [-0.15, -0.1) is 0 Å². The summed E-state index contributed by atoms with van der Waals surface area (Å²) in [5.41, 5.74) is 0.583. The van der Waals surface area contributed by atoms with Crippen molar-refractivity contribution in [2.75, 3.05) is 13.2 Å². The summed E-state index contributed by atoms with van der Waals surface area (Å²) >= 11 is 0. The van der Waals surface area contributed by atoms with Gasteiger partial charge in [0.05, 0.1) is 31.0 Å². The molecular weight excluding hydrogens is 352 g/mol. The number of aliphatic hydroxyl groups excluding tert-OH is 5. The molecule has 0 aromatic heterocycles. The molecule has 0 unspecified atom stereocenters. The number of ether oxygens (including phenoxy) is 3. The van der Waals surface area contributed by atoms with Gasteiger partial charge in [0.15, 0.2) is 6.29 Å². The predicted octanol–water partition coefficient (Wildman–Crippen LogP) is -2.32. The Bertz CT molecular complexity index is 600.